The second kappa shape index (κ2) is 6.79. The number of hydrogen-bond donors (Lipinski definition) is 1. The molecule has 0 amide bonds. The van der Waals surface area contributed by atoms with Gasteiger partial charge in [-0.25, -0.2) is 4.79 Å². The van der Waals surface area contributed by atoms with Crippen LogP contribution in [0, 0.1) is 6.92 Å². The van der Waals surface area contributed by atoms with Crippen LogP contribution in [0.4, 0.5) is 0 Å². The molecule has 2 aliphatic heterocycles. The van der Waals surface area contributed by atoms with Crippen molar-refractivity contribution in [2.24, 2.45) is 0 Å². The third-order valence-corrected chi connectivity index (χ3v) is 6.87. The number of hydrogen-bond acceptors (Lipinski definition) is 5. The zero-order chi connectivity index (χ0) is 18.4. The van der Waals surface area contributed by atoms with E-state index in [1.807, 2.05) is 13.8 Å². The summed E-state index contributed by atoms with van der Waals surface area (Å²) in [6.07, 6.45) is 1.00. The minimum atomic E-state index is -0.244. The molecule has 7 nitrogen and oxygen atoms in total. The van der Waals surface area contributed by atoms with Gasteiger partial charge in [0, 0.05) is 31.1 Å². The van der Waals surface area contributed by atoms with Gasteiger partial charge in [-0.2, -0.15) is 0 Å². The van der Waals surface area contributed by atoms with Crippen molar-refractivity contribution in [1.29, 1.82) is 0 Å². The Kier molecular flexibility index (Phi) is 4.62. The van der Waals surface area contributed by atoms with E-state index >= 15 is 0 Å². The minimum absolute atomic E-state index is 0.0555. The molecule has 4 heterocycles. The Morgan fingerprint density at radius 3 is 2.69 bits per heavy atom. The Morgan fingerprint density at radius 1 is 1.35 bits per heavy atom. The van der Waals surface area contributed by atoms with Gasteiger partial charge >= 0.3 is 5.69 Å². The Morgan fingerprint density at radius 2 is 2.12 bits per heavy atom. The van der Waals surface area contributed by atoms with Crippen molar-refractivity contribution < 1.29 is 4.74 Å². The predicted octanol–water partition coefficient (Wildman–Crippen LogP) is 1.03. The van der Waals surface area contributed by atoms with Crippen LogP contribution in [-0.4, -0.2) is 44.9 Å². The summed E-state index contributed by atoms with van der Waals surface area (Å²) in [5.41, 5.74) is 0.516. The van der Waals surface area contributed by atoms with Crippen LogP contribution >= 0.6 is 23.6 Å². The van der Waals surface area contributed by atoms with E-state index in [-0.39, 0.29) is 17.4 Å². The van der Waals surface area contributed by atoms with Gasteiger partial charge in [-0.3, -0.25) is 13.9 Å². The summed E-state index contributed by atoms with van der Waals surface area (Å²) in [6, 6.07) is 0. The first kappa shape index (κ1) is 17.7. The van der Waals surface area contributed by atoms with E-state index < -0.39 is 0 Å². The van der Waals surface area contributed by atoms with Gasteiger partial charge in [-0.1, -0.05) is 0 Å². The van der Waals surface area contributed by atoms with Crippen molar-refractivity contribution in [3.05, 3.63) is 31.3 Å². The lowest BCUT2D eigenvalue weighted by molar-refractivity contribution is -0.0593. The van der Waals surface area contributed by atoms with E-state index in [1.54, 1.807) is 4.57 Å². The van der Waals surface area contributed by atoms with Crippen LogP contribution < -0.4 is 16.6 Å². The minimum Gasteiger partial charge on any atom is -0.376 e. The number of aromatic nitrogens is 2. The molecule has 26 heavy (non-hydrogen) atoms. The van der Waals surface area contributed by atoms with E-state index in [4.69, 9.17) is 17.0 Å². The number of fused-ring (bicyclic) bond motifs is 1. The zero-order valence-electron chi connectivity index (χ0n) is 14.9. The van der Waals surface area contributed by atoms with Crippen LogP contribution in [0.5, 0.6) is 0 Å². The molecule has 2 aromatic rings. The van der Waals surface area contributed by atoms with Crippen molar-refractivity contribution in [2.75, 3.05) is 19.7 Å². The fourth-order valence-electron chi connectivity index (χ4n) is 3.50. The monoisotopic (exact) mass is 394 g/mol. The molecule has 9 heteroatoms. The average molecular weight is 395 g/mol. The molecule has 1 unspecified atom stereocenters. The lowest BCUT2D eigenvalue weighted by Crippen LogP contribution is -2.43. The molecule has 0 spiro atoms. The molecule has 140 valence electrons. The molecular weight excluding hydrogens is 372 g/mol. The first-order valence-electron chi connectivity index (χ1n) is 8.91. The molecule has 0 bridgehead atoms. The molecule has 2 aromatic heterocycles. The second-order valence-electron chi connectivity index (χ2n) is 6.71. The van der Waals surface area contributed by atoms with Gasteiger partial charge in [0.15, 0.2) is 5.11 Å². The van der Waals surface area contributed by atoms with Crippen molar-refractivity contribution in [3.8, 4) is 0 Å². The molecule has 2 saturated heterocycles. The fourth-order valence-corrected chi connectivity index (χ4v) is 5.07. The number of ether oxygens (including phenoxy) is 1. The molecule has 0 aliphatic carbocycles. The Bertz CT molecular complexity index is 987. The van der Waals surface area contributed by atoms with Gasteiger partial charge in [0.2, 0.25) is 0 Å². The van der Waals surface area contributed by atoms with E-state index in [1.165, 1.54) is 15.9 Å². The topological polar surface area (TPSA) is 68.5 Å². The Balaban J connectivity index is 1.86. The summed E-state index contributed by atoms with van der Waals surface area (Å²) in [6.45, 7) is 7.76. The third-order valence-electron chi connectivity index (χ3n) is 5.17. The maximum atomic E-state index is 12.9. The third kappa shape index (κ3) is 2.78. The summed E-state index contributed by atoms with van der Waals surface area (Å²) in [5.74, 6) is 0. The number of rotatable bonds is 5. The van der Waals surface area contributed by atoms with Crippen LogP contribution in [-0.2, 0) is 24.4 Å². The van der Waals surface area contributed by atoms with Gasteiger partial charge in [-0.05, 0) is 38.0 Å². The van der Waals surface area contributed by atoms with Gasteiger partial charge in [0.05, 0.1) is 24.6 Å². The highest BCUT2D eigenvalue weighted by molar-refractivity contribution is 7.80. The standard InChI is InChI=1S/C17H22N4O3S2/c1-3-20-14(22)13-10(2)12(9-19-6-5-18-16(19)25)26-15(13)21(17(20)23)8-11-4-7-24-11/h11H,3-9H2,1-2H3,(H,18,25). The molecule has 4 rings (SSSR count). The first-order chi connectivity index (χ1) is 12.5. The normalized spacial score (nSPS) is 19.8. The summed E-state index contributed by atoms with van der Waals surface area (Å²) >= 11 is 6.87. The first-order valence-corrected chi connectivity index (χ1v) is 10.1. The van der Waals surface area contributed by atoms with E-state index in [9.17, 15) is 9.59 Å². The van der Waals surface area contributed by atoms with Crippen LogP contribution in [0.1, 0.15) is 23.8 Å². The van der Waals surface area contributed by atoms with Crippen molar-refractivity contribution in [3.63, 3.8) is 0 Å². The largest absolute Gasteiger partial charge is 0.376 e. The highest BCUT2D eigenvalue weighted by atomic mass is 32.1. The molecule has 2 fully saturated rings. The van der Waals surface area contributed by atoms with E-state index in [2.05, 4.69) is 10.2 Å². The zero-order valence-corrected chi connectivity index (χ0v) is 16.5. The van der Waals surface area contributed by atoms with Gasteiger partial charge in [-0.15, -0.1) is 11.3 Å². The summed E-state index contributed by atoms with van der Waals surface area (Å²) in [4.78, 5) is 29.7. The highest BCUT2D eigenvalue weighted by Crippen LogP contribution is 2.30. The maximum absolute atomic E-state index is 12.9. The number of nitrogens with zero attached hydrogens (tertiary/aromatic N) is 3. The molecule has 0 aromatic carbocycles. The smallest absolute Gasteiger partial charge is 0.332 e. The molecular formula is C17H22N4O3S2. The van der Waals surface area contributed by atoms with Crippen LogP contribution in [0.15, 0.2) is 9.59 Å². The SMILES string of the molecule is CCn1c(=O)c2c(C)c(CN3CCNC3=S)sc2n(CC2CCO2)c1=O. The summed E-state index contributed by atoms with van der Waals surface area (Å²) in [7, 11) is 0. The van der Waals surface area contributed by atoms with Crippen molar-refractivity contribution in [2.45, 2.75) is 46.0 Å². The quantitative estimate of drug-likeness (QED) is 0.764. The number of thiophene rings is 1. The second-order valence-corrected chi connectivity index (χ2v) is 8.18. The van der Waals surface area contributed by atoms with Crippen LogP contribution in [0.25, 0.3) is 10.2 Å². The summed E-state index contributed by atoms with van der Waals surface area (Å²) in [5, 5.41) is 4.56. The summed E-state index contributed by atoms with van der Waals surface area (Å²) < 4.78 is 8.58. The maximum Gasteiger partial charge on any atom is 0.332 e. The van der Waals surface area contributed by atoms with Crippen LogP contribution in [0.3, 0.4) is 0 Å². The molecule has 2 aliphatic rings. The Labute approximate surface area is 160 Å². The number of thiocarbonyl (C=S) groups is 1. The van der Waals surface area contributed by atoms with Gasteiger partial charge in [0.25, 0.3) is 5.56 Å². The molecule has 0 radical (unpaired) electrons. The van der Waals surface area contributed by atoms with E-state index in [0.29, 0.717) is 25.0 Å². The van der Waals surface area contributed by atoms with E-state index in [0.717, 1.165) is 46.5 Å². The lowest BCUT2D eigenvalue weighted by atomic mass is 10.2. The average Bonchev–Trinajstić information content (AvgIpc) is 3.11. The van der Waals surface area contributed by atoms with Crippen LogP contribution in [0.2, 0.25) is 0 Å². The van der Waals surface area contributed by atoms with Crippen molar-refractivity contribution >= 4 is 38.9 Å². The Hall–Kier alpha value is -1.71. The molecule has 1 N–H and O–H groups in total. The highest BCUT2D eigenvalue weighted by Gasteiger charge is 2.26. The van der Waals surface area contributed by atoms with Crippen molar-refractivity contribution in [1.82, 2.24) is 19.4 Å². The number of aryl methyl sites for hydroxylation is 1. The fraction of sp³-hybridized carbons (Fsp3) is 0.588. The van der Waals surface area contributed by atoms with Gasteiger partial charge < -0.3 is 15.0 Å². The molecule has 1 atom stereocenters. The number of nitrogens with one attached hydrogen (secondary N) is 1. The molecule has 0 saturated carbocycles. The lowest BCUT2D eigenvalue weighted by Gasteiger charge is -2.27. The predicted molar refractivity (Wildman–Crippen MR) is 106 cm³/mol. The van der Waals surface area contributed by atoms with Gasteiger partial charge in [0.1, 0.15) is 4.83 Å².